The molecular weight excluding hydrogens is 603 g/mol. The van der Waals surface area contributed by atoms with Crippen LogP contribution in [-0.2, 0) is 0 Å². The van der Waals surface area contributed by atoms with Crippen molar-refractivity contribution in [2.45, 2.75) is 20.8 Å². The van der Waals surface area contributed by atoms with Crippen LogP contribution in [0, 0.1) is 100 Å². The van der Waals surface area contributed by atoms with E-state index in [0.717, 1.165) is 34.2 Å². The summed E-state index contributed by atoms with van der Waals surface area (Å²) in [6, 6.07) is 9.80. The minimum absolute atomic E-state index is 0. The van der Waals surface area contributed by atoms with Crippen molar-refractivity contribution in [1.82, 2.24) is 25.4 Å². The van der Waals surface area contributed by atoms with E-state index in [4.69, 9.17) is 51.1 Å². The number of aromatic nitrogens is 5. The average molecular weight is 622 g/mol. The van der Waals surface area contributed by atoms with E-state index in [1.807, 2.05) is 44.2 Å². The van der Waals surface area contributed by atoms with Crippen LogP contribution < -0.4 is 0 Å². The number of hydrogen-bond donors (Lipinski definition) is 3. The Morgan fingerprint density at radius 2 is 1.03 bits per heavy atom. The van der Waals surface area contributed by atoms with Gasteiger partial charge in [-0.2, -0.15) is 10.2 Å². The fourth-order valence-electron chi connectivity index (χ4n) is 1.82. The summed E-state index contributed by atoms with van der Waals surface area (Å²) < 4.78 is 0. The Balaban J connectivity index is -0.000000500. The zero-order chi connectivity index (χ0) is 26.0. The van der Waals surface area contributed by atoms with Crippen LogP contribution >= 0.6 is 0 Å². The zero-order valence-corrected chi connectivity index (χ0v) is 20.4. The monoisotopic (exact) mass is 623 g/mol. The molecule has 3 aromatic heterocycles. The van der Waals surface area contributed by atoms with Crippen molar-refractivity contribution in [2.24, 2.45) is 0 Å². The predicted octanol–water partition coefficient (Wildman–Crippen LogP) is 1.76. The van der Waals surface area contributed by atoms with E-state index < -0.39 is 15.3 Å². The molecule has 0 saturated carbocycles. The third-order valence-corrected chi connectivity index (χ3v) is 2.69. The summed E-state index contributed by atoms with van der Waals surface area (Å²) in [7, 11) is 0. The minimum atomic E-state index is -1.75. The average Bonchev–Trinajstić information content (AvgIpc) is 3.30. The van der Waals surface area contributed by atoms with Gasteiger partial charge >= 0.3 is 40.4 Å². The van der Waals surface area contributed by atoms with Gasteiger partial charge in [0.05, 0.1) is 26.6 Å². The summed E-state index contributed by atoms with van der Waals surface area (Å²) in [6.45, 7) is 5.87. The molecule has 0 amide bonds. The van der Waals surface area contributed by atoms with Crippen LogP contribution in [-0.4, -0.2) is 52.4 Å². The van der Waals surface area contributed by atoms with E-state index >= 15 is 0 Å². The largest absolute Gasteiger partial charge is 3.00 e. The van der Waals surface area contributed by atoms with Crippen molar-refractivity contribution in [1.29, 1.82) is 0 Å². The molecular formula is C15H19N8O10Sm. The van der Waals surface area contributed by atoms with Gasteiger partial charge in [0, 0.05) is 18.0 Å². The van der Waals surface area contributed by atoms with Gasteiger partial charge in [0.1, 0.15) is 11.4 Å². The number of nitrogens with zero attached hydrogens (tertiary/aromatic N) is 6. The Kier molecular flexibility index (Phi) is 20.7. The zero-order valence-electron chi connectivity index (χ0n) is 17.8. The van der Waals surface area contributed by atoms with Gasteiger partial charge in [0.2, 0.25) is 0 Å². The molecule has 34 heavy (non-hydrogen) atoms. The summed E-state index contributed by atoms with van der Waals surface area (Å²) in [4.78, 5) is 29.3. The van der Waals surface area contributed by atoms with Crippen LogP contribution in [0.15, 0.2) is 30.3 Å². The molecule has 0 fully saturated rings. The SMILES string of the molecule is CCO.Cc1cc(-c2cccc(-c3cc(C)[nH]n3)n2)n[nH]1.O=[N+]([O-])[O-].O=[N+]([O-])[O-].O=[N+]([O-])[O-].[Sm+3]. The first-order chi connectivity index (χ1) is 15.3. The van der Waals surface area contributed by atoms with Gasteiger partial charge < -0.3 is 51.1 Å². The van der Waals surface area contributed by atoms with Crippen LogP contribution in [0.25, 0.3) is 22.8 Å². The molecule has 0 aliphatic heterocycles. The van der Waals surface area contributed by atoms with E-state index in [0.29, 0.717) is 0 Å². The first kappa shape index (κ1) is 35.1. The number of aryl methyl sites for hydroxylation is 2. The quantitative estimate of drug-likeness (QED) is 0.272. The van der Waals surface area contributed by atoms with Crippen molar-refractivity contribution in [3.63, 3.8) is 0 Å². The number of aliphatic hydroxyl groups excluding tert-OH is 1. The fourth-order valence-corrected chi connectivity index (χ4v) is 1.82. The third kappa shape index (κ3) is 20.4. The van der Waals surface area contributed by atoms with Gasteiger partial charge in [-0.1, -0.05) is 6.07 Å². The van der Waals surface area contributed by atoms with E-state index in [-0.39, 0.29) is 47.0 Å². The normalized spacial score (nSPS) is 8.35. The number of H-pyrrole nitrogens is 2. The smallest absolute Gasteiger partial charge is 0.397 e. The van der Waals surface area contributed by atoms with Gasteiger partial charge in [-0.05, 0) is 45.0 Å². The minimum Gasteiger partial charge on any atom is -0.397 e. The van der Waals surface area contributed by atoms with E-state index in [1.54, 1.807) is 6.92 Å². The van der Waals surface area contributed by atoms with Gasteiger partial charge in [0.25, 0.3) is 0 Å². The Morgan fingerprint density at radius 3 is 1.24 bits per heavy atom. The molecule has 3 rings (SSSR count). The molecule has 0 aromatic carbocycles. The number of pyridine rings is 1. The standard InChI is InChI=1S/C13H13N5.C2H6O.3NO3.Sm/c1-8-6-12(17-15-8)10-4-3-5-11(14-10)13-7-9(2)16-18-13;1-2-3;3*2-1(3)4;/h3-7H,1-2H3,(H,15,17)(H,16,18);3H,2H2,1H3;;;;/q;;3*-1;+3. The van der Waals surface area contributed by atoms with Crippen molar-refractivity contribution >= 4 is 0 Å². The maximum Gasteiger partial charge on any atom is 3.00 e. The van der Waals surface area contributed by atoms with E-state index in [2.05, 4.69) is 25.4 Å². The van der Waals surface area contributed by atoms with Gasteiger partial charge in [0.15, 0.2) is 0 Å². The second kappa shape index (κ2) is 20.1. The maximum atomic E-state index is 8.25. The van der Waals surface area contributed by atoms with Crippen molar-refractivity contribution < 1.29 is 60.8 Å². The molecule has 3 N–H and O–H groups in total. The first-order valence-corrected chi connectivity index (χ1v) is 8.41. The van der Waals surface area contributed by atoms with Crippen LogP contribution in [0.1, 0.15) is 18.3 Å². The van der Waals surface area contributed by atoms with Gasteiger partial charge in [-0.25, -0.2) is 4.98 Å². The number of rotatable bonds is 2. The molecule has 185 valence electrons. The molecule has 0 spiro atoms. The van der Waals surface area contributed by atoms with Gasteiger partial charge in [-0.3, -0.25) is 10.2 Å². The predicted molar refractivity (Wildman–Crippen MR) is 113 cm³/mol. The first-order valence-electron chi connectivity index (χ1n) is 8.41. The summed E-state index contributed by atoms with van der Waals surface area (Å²) >= 11 is 0. The molecule has 0 atom stereocenters. The molecule has 1 radical (unpaired) electrons. The second-order valence-electron chi connectivity index (χ2n) is 5.27. The molecule has 0 unspecified atom stereocenters. The molecule has 19 heteroatoms. The Bertz CT molecular complexity index is 901. The van der Waals surface area contributed by atoms with Crippen LogP contribution in [0.5, 0.6) is 0 Å². The van der Waals surface area contributed by atoms with Crippen molar-refractivity contribution in [3.05, 3.63) is 87.7 Å². The Morgan fingerprint density at radius 1 is 0.765 bits per heavy atom. The molecule has 0 aliphatic rings. The fraction of sp³-hybridized carbons (Fsp3) is 0.267. The van der Waals surface area contributed by atoms with E-state index in [9.17, 15) is 0 Å². The Hall–Kier alpha value is -3.53. The summed E-state index contributed by atoms with van der Waals surface area (Å²) in [5, 5.41) is 66.1. The topological polar surface area (TPSA) is 289 Å². The van der Waals surface area contributed by atoms with Crippen LogP contribution in [0.3, 0.4) is 0 Å². The number of aromatic amines is 2. The summed E-state index contributed by atoms with van der Waals surface area (Å²) in [5.41, 5.74) is 5.43. The van der Waals surface area contributed by atoms with Crippen molar-refractivity contribution in [2.75, 3.05) is 6.61 Å². The van der Waals surface area contributed by atoms with Gasteiger partial charge in [-0.15, -0.1) is 0 Å². The Labute approximate surface area is 223 Å². The third-order valence-electron chi connectivity index (χ3n) is 2.69. The molecule has 3 heterocycles. The molecule has 18 nitrogen and oxygen atoms in total. The summed E-state index contributed by atoms with van der Waals surface area (Å²) in [5.74, 6) is 0. The van der Waals surface area contributed by atoms with E-state index in [1.165, 1.54) is 0 Å². The molecule has 0 bridgehead atoms. The number of hydrogen-bond acceptors (Lipinski definition) is 13. The molecule has 0 aliphatic carbocycles. The number of aliphatic hydroxyl groups is 1. The molecule has 3 aromatic rings. The molecule has 0 saturated heterocycles. The summed E-state index contributed by atoms with van der Waals surface area (Å²) in [6.07, 6.45) is 0. The van der Waals surface area contributed by atoms with Crippen LogP contribution in [0.4, 0.5) is 0 Å². The second-order valence-corrected chi connectivity index (χ2v) is 5.27. The van der Waals surface area contributed by atoms with Crippen molar-refractivity contribution in [3.8, 4) is 22.8 Å². The van der Waals surface area contributed by atoms with Crippen LogP contribution in [0.2, 0.25) is 0 Å². The number of nitrogens with one attached hydrogen (secondary N) is 2. The maximum absolute atomic E-state index is 8.25.